The maximum absolute atomic E-state index is 12.4. The molecule has 6 N–H and O–H groups in total. The molecule has 2 aromatic rings. The van der Waals surface area contributed by atoms with E-state index in [1.807, 2.05) is 4.72 Å². The molecule has 0 aromatic heterocycles. The third kappa shape index (κ3) is 6.22. The lowest BCUT2D eigenvalue weighted by Crippen LogP contribution is -2.15. The fourth-order valence-corrected chi connectivity index (χ4v) is 3.82. The normalized spacial score (nSPS) is 11.3. The van der Waals surface area contributed by atoms with E-state index in [1.165, 1.54) is 24.3 Å². The van der Waals surface area contributed by atoms with Crippen molar-refractivity contribution in [1.82, 2.24) is 0 Å². The Labute approximate surface area is 183 Å². The zero-order valence-corrected chi connectivity index (χ0v) is 17.9. The van der Waals surface area contributed by atoms with Gasteiger partial charge in [0.25, 0.3) is 0 Å². The third-order valence-corrected chi connectivity index (χ3v) is 5.44. The molecule has 0 atom stereocenters. The number of carbonyl (C=O) groups is 2. The topological polar surface area (TPSA) is 194 Å². The van der Waals surface area contributed by atoms with Crippen molar-refractivity contribution in [3.63, 3.8) is 0 Å². The van der Waals surface area contributed by atoms with Gasteiger partial charge in [0.05, 0.1) is 5.69 Å². The number of nitrogens with two attached hydrogens (primary N) is 1. The standard InChI is InChI=1S/C18H18N4O8S2/c1-3-17(23)20-11-5-7-13(15(9-11)22-32(27,28)29)14-8-6-12(21-18(24)4-2)10-16(14)31(25,26)30-19/h3-10,22H,1-2,19H2,(H,20,23)(H,21,24)(H,27,28,29). The molecular formula is C18H18N4O8S2. The van der Waals surface area contributed by atoms with Gasteiger partial charge in [0, 0.05) is 22.5 Å². The van der Waals surface area contributed by atoms with Crippen molar-refractivity contribution in [2.75, 3.05) is 15.4 Å². The monoisotopic (exact) mass is 482 g/mol. The van der Waals surface area contributed by atoms with Crippen LogP contribution in [0.1, 0.15) is 0 Å². The summed E-state index contributed by atoms with van der Waals surface area (Å²) in [6, 6.07) is 7.37. The minimum Gasteiger partial charge on any atom is -0.322 e. The number of amides is 2. The second kappa shape index (κ2) is 9.71. The molecule has 0 aliphatic carbocycles. The second-order valence-electron chi connectivity index (χ2n) is 5.99. The summed E-state index contributed by atoms with van der Waals surface area (Å²) in [5, 5.41) is 4.77. The van der Waals surface area contributed by atoms with Crippen LogP contribution in [0.3, 0.4) is 0 Å². The highest BCUT2D eigenvalue weighted by Gasteiger charge is 2.23. The summed E-state index contributed by atoms with van der Waals surface area (Å²) in [5.74, 6) is 3.68. The van der Waals surface area contributed by atoms with Crippen molar-refractivity contribution in [1.29, 1.82) is 0 Å². The van der Waals surface area contributed by atoms with Gasteiger partial charge in [0.2, 0.25) is 11.8 Å². The van der Waals surface area contributed by atoms with Crippen LogP contribution in [0, 0.1) is 0 Å². The first-order chi connectivity index (χ1) is 14.9. The molecule has 0 saturated carbocycles. The molecule has 0 fully saturated rings. The molecule has 12 nitrogen and oxygen atoms in total. The number of nitrogens with one attached hydrogen (secondary N) is 3. The predicted molar refractivity (Wildman–Crippen MR) is 117 cm³/mol. The maximum Gasteiger partial charge on any atom is 0.357 e. The Morgan fingerprint density at radius 3 is 1.88 bits per heavy atom. The van der Waals surface area contributed by atoms with Crippen molar-refractivity contribution in [2.45, 2.75) is 4.90 Å². The summed E-state index contributed by atoms with van der Waals surface area (Å²) in [4.78, 5) is 22.6. The quantitative estimate of drug-likeness (QED) is 0.199. The van der Waals surface area contributed by atoms with Gasteiger partial charge in [-0.3, -0.25) is 18.9 Å². The Bertz CT molecular complexity index is 1300. The summed E-state index contributed by atoms with van der Waals surface area (Å²) < 4.78 is 62.9. The van der Waals surface area contributed by atoms with Crippen LogP contribution in [0.5, 0.6) is 0 Å². The first-order valence-corrected chi connectivity index (χ1v) is 11.3. The molecule has 0 heterocycles. The zero-order valence-electron chi connectivity index (χ0n) is 16.2. The molecule has 14 heteroatoms. The van der Waals surface area contributed by atoms with Crippen LogP contribution >= 0.6 is 0 Å². The van der Waals surface area contributed by atoms with Crippen molar-refractivity contribution in [3.8, 4) is 11.1 Å². The lowest BCUT2D eigenvalue weighted by Gasteiger charge is -2.16. The van der Waals surface area contributed by atoms with Crippen LogP contribution in [0.25, 0.3) is 11.1 Å². The first-order valence-electron chi connectivity index (χ1n) is 8.44. The van der Waals surface area contributed by atoms with Crippen molar-refractivity contribution < 1.29 is 35.3 Å². The fraction of sp³-hybridized carbons (Fsp3) is 0. The highest BCUT2D eigenvalue weighted by molar-refractivity contribution is 7.87. The number of rotatable bonds is 9. The minimum atomic E-state index is -4.80. The van der Waals surface area contributed by atoms with Gasteiger partial charge in [-0.2, -0.15) is 27.0 Å². The molecule has 0 bridgehead atoms. The van der Waals surface area contributed by atoms with Crippen molar-refractivity contribution in [2.24, 2.45) is 5.90 Å². The van der Waals surface area contributed by atoms with E-state index >= 15 is 0 Å². The third-order valence-electron chi connectivity index (χ3n) is 3.83. The van der Waals surface area contributed by atoms with Crippen molar-refractivity contribution in [3.05, 3.63) is 61.7 Å². The molecular weight excluding hydrogens is 464 g/mol. The van der Waals surface area contributed by atoms with Gasteiger partial charge in [-0.1, -0.05) is 25.3 Å². The summed E-state index contributed by atoms with van der Waals surface area (Å²) >= 11 is 0. The Hall–Kier alpha value is -3.56. The lowest BCUT2D eigenvalue weighted by atomic mass is 10.0. The SMILES string of the molecule is C=CC(=O)Nc1ccc(-c2ccc(NC(=O)C=C)cc2S(=O)(=O)ON)c(NS(=O)(=O)O)c1. The van der Waals surface area contributed by atoms with Gasteiger partial charge in [-0.15, -0.1) is 0 Å². The van der Waals surface area contributed by atoms with Gasteiger partial charge < -0.3 is 10.6 Å². The van der Waals surface area contributed by atoms with E-state index in [4.69, 9.17) is 5.90 Å². The van der Waals surface area contributed by atoms with E-state index in [0.717, 1.165) is 24.3 Å². The summed E-state index contributed by atoms with van der Waals surface area (Å²) in [5.41, 5.74) is -0.255. The molecule has 2 aromatic carbocycles. The summed E-state index contributed by atoms with van der Waals surface area (Å²) in [6.45, 7) is 6.58. The molecule has 32 heavy (non-hydrogen) atoms. The van der Waals surface area contributed by atoms with E-state index in [-0.39, 0.29) is 28.2 Å². The molecule has 170 valence electrons. The molecule has 0 aliphatic rings. The van der Waals surface area contributed by atoms with Gasteiger partial charge in [0.15, 0.2) is 0 Å². The Morgan fingerprint density at radius 1 is 0.906 bits per heavy atom. The van der Waals surface area contributed by atoms with Gasteiger partial charge in [0.1, 0.15) is 4.90 Å². The first kappa shape index (κ1) is 24.7. The Morgan fingerprint density at radius 2 is 1.41 bits per heavy atom. The van der Waals surface area contributed by atoms with Crippen molar-refractivity contribution >= 4 is 49.3 Å². The maximum atomic E-state index is 12.4. The fourth-order valence-electron chi connectivity index (χ4n) is 2.55. The lowest BCUT2D eigenvalue weighted by molar-refractivity contribution is -0.112. The van der Waals surface area contributed by atoms with E-state index in [2.05, 4.69) is 28.1 Å². The highest BCUT2D eigenvalue weighted by atomic mass is 32.2. The zero-order chi connectivity index (χ0) is 24.1. The van der Waals surface area contributed by atoms with Crippen LogP contribution in [0.2, 0.25) is 0 Å². The molecule has 0 aliphatic heterocycles. The average molecular weight is 482 g/mol. The van der Waals surface area contributed by atoms with Gasteiger partial charge in [-0.25, -0.2) is 0 Å². The molecule has 0 unspecified atom stereocenters. The van der Waals surface area contributed by atoms with Crippen LogP contribution in [-0.4, -0.2) is 33.2 Å². The van der Waals surface area contributed by atoms with Gasteiger partial charge in [-0.05, 0) is 36.4 Å². The molecule has 2 amide bonds. The average Bonchev–Trinajstić information content (AvgIpc) is 2.72. The Balaban J connectivity index is 2.75. The predicted octanol–water partition coefficient (Wildman–Crippen LogP) is 1.40. The van der Waals surface area contributed by atoms with Crippen LogP contribution in [0.15, 0.2) is 66.6 Å². The second-order valence-corrected chi connectivity index (χ2v) is 8.68. The van der Waals surface area contributed by atoms with E-state index in [9.17, 15) is 31.0 Å². The number of hydrogen-bond acceptors (Lipinski definition) is 8. The largest absolute Gasteiger partial charge is 0.357 e. The summed E-state index contributed by atoms with van der Waals surface area (Å²) in [6.07, 6.45) is 1.94. The number of carbonyl (C=O) groups excluding carboxylic acids is 2. The van der Waals surface area contributed by atoms with E-state index in [0.29, 0.717) is 0 Å². The van der Waals surface area contributed by atoms with E-state index < -0.39 is 37.1 Å². The molecule has 0 radical (unpaired) electrons. The van der Waals surface area contributed by atoms with Crippen LogP contribution in [0.4, 0.5) is 17.1 Å². The molecule has 0 spiro atoms. The number of benzene rings is 2. The van der Waals surface area contributed by atoms with Gasteiger partial charge >= 0.3 is 20.4 Å². The number of hydrogen-bond donors (Lipinski definition) is 5. The molecule has 0 saturated heterocycles. The smallest absolute Gasteiger partial charge is 0.322 e. The minimum absolute atomic E-state index is 0.0311. The van der Waals surface area contributed by atoms with Crippen LogP contribution < -0.4 is 21.3 Å². The Kier molecular flexibility index (Phi) is 7.50. The van der Waals surface area contributed by atoms with Crippen LogP contribution in [-0.2, 0) is 34.3 Å². The molecule has 2 rings (SSSR count). The van der Waals surface area contributed by atoms with E-state index in [1.54, 1.807) is 0 Å². The number of anilines is 3. The highest BCUT2D eigenvalue weighted by Crippen LogP contribution is 2.37. The summed E-state index contributed by atoms with van der Waals surface area (Å²) in [7, 11) is -9.35.